The van der Waals surface area contributed by atoms with Crippen molar-refractivity contribution in [3.05, 3.63) is 180 Å². The Morgan fingerprint density at radius 2 is 0.865 bits per heavy atom. The van der Waals surface area contributed by atoms with E-state index in [0.717, 1.165) is 0 Å². The third-order valence-corrected chi connectivity index (χ3v) is 12.7. The molecule has 0 atom stereocenters. The predicted octanol–water partition coefficient (Wildman–Crippen LogP) is 14.2. The van der Waals surface area contributed by atoms with Crippen LogP contribution in [0.2, 0.25) is 0 Å². The van der Waals surface area contributed by atoms with Crippen LogP contribution in [0.4, 0.5) is 0 Å². The molecule has 246 valence electrons. The third kappa shape index (κ3) is 3.77. The molecule has 9 aromatic carbocycles. The van der Waals surface area contributed by atoms with Crippen LogP contribution >= 0.6 is 0 Å². The van der Waals surface area contributed by atoms with Gasteiger partial charge >= 0.3 is 0 Å². The van der Waals surface area contributed by atoms with Crippen LogP contribution in [0, 0.1) is 0 Å². The van der Waals surface area contributed by atoms with Gasteiger partial charge in [0.05, 0.1) is 0 Å². The molecule has 0 spiro atoms. The highest BCUT2D eigenvalue weighted by Crippen LogP contribution is 2.55. The van der Waals surface area contributed by atoms with Crippen molar-refractivity contribution >= 4 is 43.1 Å². The lowest BCUT2D eigenvalue weighted by Crippen LogP contribution is -2.23. The van der Waals surface area contributed by atoms with Gasteiger partial charge in [0, 0.05) is 10.8 Å². The zero-order valence-corrected chi connectivity index (χ0v) is 30.0. The first-order valence-corrected chi connectivity index (χ1v) is 18.6. The van der Waals surface area contributed by atoms with E-state index in [2.05, 4.69) is 185 Å². The summed E-state index contributed by atoms with van der Waals surface area (Å²) in [5.41, 5.74) is 16.1. The molecule has 52 heavy (non-hydrogen) atoms. The molecule has 0 unspecified atom stereocenters. The second-order valence-corrected chi connectivity index (χ2v) is 16.0. The zero-order chi connectivity index (χ0) is 34.9. The van der Waals surface area contributed by atoms with Gasteiger partial charge in [-0.3, -0.25) is 0 Å². The van der Waals surface area contributed by atoms with E-state index < -0.39 is 0 Å². The fourth-order valence-corrected chi connectivity index (χ4v) is 10.2. The maximum Gasteiger partial charge on any atom is 0.0159 e. The number of hydrogen-bond acceptors (Lipinski definition) is 0. The van der Waals surface area contributed by atoms with Gasteiger partial charge in [0.2, 0.25) is 0 Å². The van der Waals surface area contributed by atoms with Crippen molar-refractivity contribution in [3.63, 3.8) is 0 Å². The summed E-state index contributed by atoms with van der Waals surface area (Å²) in [6, 6.07) is 59.7. The zero-order valence-electron chi connectivity index (χ0n) is 30.0. The molecule has 0 amide bonds. The van der Waals surface area contributed by atoms with E-state index in [1.54, 1.807) is 0 Å². The molecule has 0 nitrogen and oxygen atoms in total. The number of benzene rings is 9. The van der Waals surface area contributed by atoms with Gasteiger partial charge in [0.15, 0.2) is 0 Å². The van der Waals surface area contributed by atoms with E-state index in [1.807, 2.05) is 0 Å². The summed E-state index contributed by atoms with van der Waals surface area (Å²) in [6.45, 7) is 9.56. The fraction of sp³-hybridized carbons (Fsp3) is 0.115. The Balaban J connectivity index is 1.19. The van der Waals surface area contributed by atoms with Gasteiger partial charge in [-0.2, -0.15) is 0 Å². The predicted molar refractivity (Wildman–Crippen MR) is 222 cm³/mol. The minimum Gasteiger partial charge on any atom is -0.0619 e. The van der Waals surface area contributed by atoms with Crippen molar-refractivity contribution in [3.8, 4) is 44.5 Å². The van der Waals surface area contributed by atoms with E-state index >= 15 is 0 Å². The molecular weight excluding hydrogens is 625 g/mol. The van der Waals surface area contributed by atoms with Crippen LogP contribution in [0.15, 0.2) is 158 Å². The first kappa shape index (κ1) is 29.7. The summed E-state index contributed by atoms with van der Waals surface area (Å²) in [5, 5.41) is 10.5. The van der Waals surface area contributed by atoms with Crippen molar-refractivity contribution in [2.45, 2.75) is 38.5 Å². The molecule has 11 rings (SSSR count). The molecule has 0 saturated heterocycles. The van der Waals surface area contributed by atoms with Crippen LogP contribution in [0.5, 0.6) is 0 Å². The van der Waals surface area contributed by atoms with Crippen LogP contribution < -0.4 is 0 Å². The van der Waals surface area contributed by atoms with Gasteiger partial charge in [-0.15, -0.1) is 0 Å². The lowest BCUT2D eigenvalue weighted by atomic mass is 9.68. The molecule has 0 fully saturated rings. The normalized spacial score (nSPS) is 14.8. The molecule has 0 N–H and O–H groups in total. The Kier molecular flexibility index (Phi) is 5.89. The van der Waals surface area contributed by atoms with E-state index in [9.17, 15) is 0 Å². The summed E-state index contributed by atoms with van der Waals surface area (Å²) < 4.78 is 0. The lowest BCUT2D eigenvalue weighted by Gasteiger charge is -2.35. The first-order valence-electron chi connectivity index (χ1n) is 18.6. The Hall–Kier alpha value is -5.98. The van der Waals surface area contributed by atoms with Crippen molar-refractivity contribution < 1.29 is 0 Å². The summed E-state index contributed by atoms with van der Waals surface area (Å²) in [7, 11) is 0. The molecule has 0 heteroatoms. The van der Waals surface area contributed by atoms with Crippen LogP contribution in [0.25, 0.3) is 87.6 Å². The van der Waals surface area contributed by atoms with Crippen molar-refractivity contribution in [1.82, 2.24) is 0 Å². The lowest BCUT2D eigenvalue weighted by molar-refractivity contribution is 0.645. The molecule has 2 aliphatic rings. The highest BCUT2D eigenvalue weighted by molar-refractivity contribution is 6.24. The van der Waals surface area contributed by atoms with Gasteiger partial charge < -0.3 is 0 Å². The van der Waals surface area contributed by atoms with Crippen LogP contribution in [0.1, 0.15) is 49.9 Å². The Bertz CT molecular complexity index is 2950. The minimum atomic E-state index is -0.105. The second kappa shape index (κ2) is 10.3. The summed E-state index contributed by atoms with van der Waals surface area (Å²) in [5.74, 6) is 0. The highest BCUT2D eigenvalue weighted by atomic mass is 14.4. The smallest absolute Gasteiger partial charge is 0.0159 e. The van der Waals surface area contributed by atoms with Gasteiger partial charge in [0.1, 0.15) is 0 Å². The summed E-state index contributed by atoms with van der Waals surface area (Å²) >= 11 is 0. The maximum absolute atomic E-state index is 2.50. The molecule has 0 heterocycles. The molecule has 9 aromatic rings. The molecule has 0 aromatic heterocycles. The quantitative estimate of drug-likeness (QED) is 0.162. The number of fused-ring (bicyclic) bond motifs is 9. The minimum absolute atomic E-state index is 0.0942. The topological polar surface area (TPSA) is 0 Å². The largest absolute Gasteiger partial charge is 0.0619 e. The monoisotopic (exact) mass is 662 g/mol. The number of rotatable bonds is 2. The van der Waals surface area contributed by atoms with Crippen molar-refractivity contribution in [2.24, 2.45) is 0 Å². The first-order chi connectivity index (χ1) is 25.3. The fourth-order valence-electron chi connectivity index (χ4n) is 10.2. The number of hydrogen-bond donors (Lipinski definition) is 0. The van der Waals surface area contributed by atoms with Crippen molar-refractivity contribution in [2.75, 3.05) is 0 Å². The molecule has 0 aliphatic heterocycles. The van der Waals surface area contributed by atoms with E-state index in [4.69, 9.17) is 0 Å². The molecule has 0 radical (unpaired) electrons. The standard InChI is InChI=1S/C52H38/c1-51(2)43-22-12-11-16-34(43)40-27-28-41(39-21-13-23-44(51)50(39)40)48-37-19-9-7-17-35(37)47(36-18-8-10-20-38(36)48)32-24-26-42-46(30-32)52(3,4)45-29-25-31-14-5-6-15-33(31)49(42)45/h5-30H,1-4H3. The average molecular weight is 663 g/mol. The van der Waals surface area contributed by atoms with Gasteiger partial charge in [-0.1, -0.05) is 179 Å². The SMILES string of the molecule is CC1(C)c2cc(-c3c4ccccc4c(-c4ccc5c6c(cccc46)C(C)(C)c4ccccc4-5)c4ccccc34)ccc2-c2c1ccc1ccccc21. The van der Waals surface area contributed by atoms with Gasteiger partial charge in [0.25, 0.3) is 0 Å². The Morgan fingerprint density at radius 3 is 1.62 bits per heavy atom. The van der Waals surface area contributed by atoms with E-state index in [-0.39, 0.29) is 10.8 Å². The molecular formula is C52H38. The highest BCUT2D eigenvalue weighted by Gasteiger charge is 2.37. The van der Waals surface area contributed by atoms with E-state index in [0.29, 0.717) is 0 Å². The van der Waals surface area contributed by atoms with Crippen LogP contribution in [0.3, 0.4) is 0 Å². The van der Waals surface area contributed by atoms with Crippen molar-refractivity contribution in [1.29, 1.82) is 0 Å². The second-order valence-electron chi connectivity index (χ2n) is 16.0. The molecule has 0 bridgehead atoms. The Morgan fingerprint density at radius 1 is 0.308 bits per heavy atom. The van der Waals surface area contributed by atoms with Crippen LogP contribution in [-0.2, 0) is 10.8 Å². The maximum atomic E-state index is 2.50. The Labute approximate surface area is 305 Å². The van der Waals surface area contributed by atoms with Gasteiger partial charge in [-0.05, 0) is 116 Å². The average Bonchev–Trinajstić information content (AvgIpc) is 3.41. The summed E-state index contributed by atoms with van der Waals surface area (Å²) in [4.78, 5) is 0. The molecule has 2 aliphatic carbocycles. The molecule has 0 saturated carbocycles. The third-order valence-electron chi connectivity index (χ3n) is 12.7. The summed E-state index contributed by atoms with van der Waals surface area (Å²) in [6.07, 6.45) is 0. The van der Waals surface area contributed by atoms with E-state index in [1.165, 1.54) is 110 Å². The van der Waals surface area contributed by atoms with Crippen LogP contribution in [-0.4, -0.2) is 0 Å². The van der Waals surface area contributed by atoms with Gasteiger partial charge in [-0.25, -0.2) is 0 Å².